The fraction of sp³-hybridized carbons (Fsp3) is 0.250. The van der Waals surface area contributed by atoms with Crippen molar-refractivity contribution in [3.8, 4) is 17.3 Å². The molecule has 0 amide bonds. The molecule has 5 nitrogen and oxygen atoms in total. The van der Waals surface area contributed by atoms with Crippen LogP contribution in [-0.4, -0.2) is 27.6 Å². The van der Waals surface area contributed by atoms with Crippen molar-refractivity contribution in [1.29, 1.82) is 0 Å². The average Bonchev–Trinajstić information content (AvgIpc) is 3.26. The number of thiophene rings is 1. The second-order valence-electron chi connectivity index (χ2n) is 8.94. The van der Waals surface area contributed by atoms with Gasteiger partial charge in [-0.15, -0.1) is 11.3 Å². The van der Waals surface area contributed by atoms with Gasteiger partial charge in [0.1, 0.15) is 11.4 Å². The summed E-state index contributed by atoms with van der Waals surface area (Å²) in [5, 5.41) is 3.55. The lowest BCUT2D eigenvalue weighted by molar-refractivity contribution is 0.280. The Morgan fingerprint density at radius 3 is 2.65 bits per heavy atom. The van der Waals surface area contributed by atoms with Gasteiger partial charge in [0.2, 0.25) is 5.88 Å². The van der Waals surface area contributed by atoms with Crippen LogP contribution >= 0.6 is 11.3 Å². The summed E-state index contributed by atoms with van der Waals surface area (Å²) >= 11 is 1.78. The van der Waals surface area contributed by atoms with Crippen LogP contribution in [0.3, 0.4) is 0 Å². The zero-order valence-corrected chi connectivity index (χ0v) is 19.7. The fourth-order valence-corrected chi connectivity index (χ4v) is 6.02. The predicted octanol–water partition coefficient (Wildman–Crippen LogP) is 5.73. The monoisotopic (exact) mass is 466 g/mol. The van der Waals surface area contributed by atoms with E-state index in [1.165, 1.54) is 39.6 Å². The van der Waals surface area contributed by atoms with Gasteiger partial charge in [0, 0.05) is 28.9 Å². The van der Waals surface area contributed by atoms with Gasteiger partial charge in [-0.05, 0) is 66.1 Å². The number of rotatable bonds is 6. The maximum Gasteiger partial charge on any atom is 0.226 e. The third kappa shape index (κ3) is 4.15. The fourth-order valence-electron chi connectivity index (χ4n) is 4.77. The minimum absolute atomic E-state index is 0.134. The number of nitrogens with zero attached hydrogens (tertiary/aromatic N) is 3. The molecule has 34 heavy (non-hydrogen) atoms. The zero-order chi connectivity index (χ0) is 22.9. The lowest BCUT2D eigenvalue weighted by Crippen LogP contribution is -2.30. The number of hydrogen-bond acceptors (Lipinski definition) is 6. The molecule has 0 spiro atoms. The van der Waals surface area contributed by atoms with Crippen LogP contribution in [0.15, 0.2) is 67.0 Å². The summed E-state index contributed by atoms with van der Waals surface area (Å²) in [6, 6.07) is 18.7. The van der Waals surface area contributed by atoms with Crippen molar-refractivity contribution in [2.75, 3.05) is 6.61 Å². The van der Waals surface area contributed by atoms with Gasteiger partial charge in [0.25, 0.3) is 0 Å². The van der Waals surface area contributed by atoms with Gasteiger partial charge >= 0.3 is 0 Å². The van der Waals surface area contributed by atoms with Gasteiger partial charge < -0.3 is 10.5 Å². The van der Waals surface area contributed by atoms with Crippen LogP contribution < -0.4 is 10.5 Å². The molecule has 5 aromatic rings. The maximum atomic E-state index is 6.53. The Balaban J connectivity index is 1.29. The van der Waals surface area contributed by atoms with E-state index in [4.69, 9.17) is 20.4 Å². The van der Waals surface area contributed by atoms with Crippen LogP contribution in [0.4, 0.5) is 0 Å². The van der Waals surface area contributed by atoms with Crippen LogP contribution in [0, 0.1) is 0 Å². The molecule has 6 rings (SSSR count). The molecule has 0 radical (unpaired) electrons. The Kier molecular flexibility index (Phi) is 5.69. The summed E-state index contributed by atoms with van der Waals surface area (Å²) in [5.41, 5.74) is 10.1. The highest BCUT2D eigenvalue weighted by atomic mass is 32.1. The number of ether oxygens (including phenoxy) is 1. The highest BCUT2D eigenvalue weighted by Crippen LogP contribution is 2.40. The van der Waals surface area contributed by atoms with Gasteiger partial charge in [-0.1, -0.05) is 42.5 Å². The predicted molar refractivity (Wildman–Crippen MR) is 138 cm³/mol. The van der Waals surface area contributed by atoms with E-state index in [2.05, 4.69) is 47.4 Å². The number of nitrogens with two attached hydrogens (primary N) is 1. The lowest BCUT2D eigenvalue weighted by Gasteiger charge is -2.16. The maximum absolute atomic E-state index is 6.53. The van der Waals surface area contributed by atoms with E-state index in [0.29, 0.717) is 18.3 Å². The summed E-state index contributed by atoms with van der Waals surface area (Å²) < 4.78 is 6.34. The lowest BCUT2D eigenvalue weighted by atomic mass is 9.97. The molecule has 3 heterocycles. The van der Waals surface area contributed by atoms with Crippen molar-refractivity contribution in [2.45, 2.75) is 38.1 Å². The molecule has 1 aliphatic rings. The molecular formula is C28H26N4OS. The summed E-state index contributed by atoms with van der Waals surface area (Å²) in [6.07, 6.45) is 8.89. The number of aromatic nitrogens is 3. The second kappa shape index (κ2) is 9.12. The van der Waals surface area contributed by atoms with Gasteiger partial charge in [0.15, 0.2) is 5.82 Å². The largest absolute Gasteiger partial charge is 0.475 e. The van der Waals surface area contributed by atoms with Crippen molar-refractivity contribution in [3.63, 3.8) is 0 Å². The third-order valence-electron chi connectivity index (χ3n) is 6.47. The normalized spacial score (nSPS) is 14.3. The summed E-state index contributed by atoms with van der Waals surface area (Å²) in [5.74, 6) is 1.33. The molecule has 6 heteroatoms. The Labute approximate surface area is 202 Å². The molecule has 170 valence electrons. The SMILES string of the molecule is N[C@@H](COc1nc(-c2ccncc2)nc2sc3c(c12)CCCC3)Cc1ccc2ccccc2c1. The quantitative estimate of drug-likeness (QED) is 0.346. The Morgan fingerprint density at radius 1 is 0.941 bits per heavy atom. The van der Waals surface area contributed by atoms with Crippen molar-refractivity contribution >= 4 is 32.3 Å². The minimum Gasteiger partial charge on any atom is -0.475 e. The van der Waals surface area contributed by atoms with E-state index in [9.17, 15) is 0 Å². The summed E-state index contributed by atoms with van der Waals surface area (Å²) in [7, 11) is 0. The molecule has 2 N–H and O–H groups in total. The van der Waals surface area contributed by atoms with Crippen molar-refractivity contribution in [2.24, 2.45) is 5.73 Å². The Bertz CT molecular complexity index is 1460. The first-order valence-electron chi connectivity index (χ1n) is 11.8. The van der Waals surface area contributed by atoms with Crippen LogP contribution in [-0.2, 0) is 19.3 Å². The average molecular weight is 467 g/mol. The number of hydrogen-bond donors (Lipinski definition) is 1. The van der Waals surface area contributed by atoms with Crippen LogP contribution in [0.5, 0.6) is 5.88 Å². The van der Waals surface area contributed by atoms with Crippen LogP contribution in [0.1, 0.15) is 28.8 Å². The van der Waals surface area contributed by atoms with Crippen molar-refractivity contribution in [3.05, 3.63) is 83.0 Å². The first-order chi connectivity index (χ1) is 16.7. The minimum atomic E-state index is -0.134. The van der Waals surface area contributed by atoms with Gasteiger partial charge in [-0.2, -0.15) is 4.98 Å². The molecule has 1 atom stereocenters. The van der Waals surface area contributed by atoms with E-state index in [1.54, 1.807) is 23.7 Å². The Morgan fingerprint density at radius 2 is 1.76 bits per heavy atom. The number of benzene rings is 2. The highest BCUT2D eigenvalue weighted by molar-refractivity contribution is 7.18. The molecule has 2 aromatic carbocycles. The molecule has 0 unspecified atom stereocenters. The number of fused-ring (bicyclic) bond motifs is 4. The zero-order valence-electron chi connectivity index (χ0n) is 18.9. The van der Waals surface area contributed by atoms with E-state index >= 15 is 0 Å². The molecule has 1 aliphatic carbocycles. The van der Waals surface area contributed by atoms with Gasteiger partial charge in [-0.25, -0.2) is 4.98 Å². The standard InChI is InChI=1S/C28H26N4OS/c29-22(16-18-9-10-19-5-1-2-6-21(19)15-18)17-33-27-25-23-7-3-4-8-24(23)34-28(25)32-26(31-27)20-11-13-30-14-12-20/h1-2,5-6,9-15,22H,3-4,7-8,16-17,29H2/t22-/m1/s1. The first-order valence-corrected chi connectivity index (χ1v) is 12.6. The first kappa shape index (κ1) is 21.2. The molecule has 0 saturated heterocycles. The molecule has 0 fully saturated rings. The molecule has 0 saturated carbocycles. The summed E-state index contributed by atoms with van der Waals surface area (Å²) in [6.45, 7) is 0.402. The van der Waals surface area contributed by atoms with Gasteiger partial charge in [0.05, 0.1) is 5.39 Å². The molecule has 3 aromatic heterocycles. The number of pyridine rings is 1. The van der Waals surface area contributed by atoms with Gasteiger partial charge in [-0.3, -0.25) is 4.98 Å². The smallest absolute Gasteiger partial charge is 0.226 e. The topological polar surface area (TPSA) is 73.9 Å². The van der Waals surface area contributed by atoms with Crippen LogP contribution in [0.25, 0.3) is 32.4 Å². The summed E-state index contributed by atoms with van der Waals surface area (Å²) in [4.78, 5) is 16.3. The second-order valence-corrected chi connectivity index (χ2v) is 10.0. The van der Waals surface area contributed by atoms with E-state index in [0.717, 1.165) is 35.0 Å². The highest BCUT2D eigenvalue weighted by Gasteiger charge is 2.23. The van der Waals surface area contributed by atoms with Crippen molar-refractivity contribution in [1.82, 2.24) is 15.0 Å². The number of aryl methyl sites for hydroxylation is 2. The Hall–Kier alpha value is -3.35. The van der Waals surface area contributed by atoms with E-state index < -0.39 is 0 Å². The molecule has 0 aliphatic heterocycles. The van der Waals surface area contributed by atoms with E-state index in [1.807, 2.05) is 12.1 Å². The molecule has 0 bridgehead atoms. The van der Waals surface area contributed by atoms with E-state index in [-0.39, 0.29) is 6.04 Å². The third-order valence-corrected chi connectivity index (χ3v) is 7.65. The molecular weight excluding hydrogens is 440 g/mol. The van der Waals surface area contributed by atoms with Crippen LogP contribution in [0.2, 0.25) is 0 Å². The van der Waals surface area contributed by atoms with Crippen molar-refractivity contribution < 1.29 is 4.74 Å².